The second kappa shape index (κ2) is 3.74. The standard InChI is InChI=1S/C15H18N2/c1-15(16)8-5-11(6-9-15)13-4-2-3-12-7-10-17-14(12)13/h2-5,7,10,17H,6,8-9,16H2,1H3. The van der Waals surface area contributed by atoms with Crippen molar-refractivity contribution in [1.82, 2.24) is 4.98 Å². The van der Waals surface area contributed by atoms with Crippen LogP contribution >= 0.6 is 0 Å². The van der Waals surface area contributed by atoms with Gasteiger partial charge in [-0.3, -0.25) is 0 Å². The van der Waals surface area contributed by atoms with Crippen LogP contribution in [0.5, 0.6) is 0 Å². The van der Waals surface area contributed by atoms with E-state index < -0.39 is 0 Å². The van der Waals surface area contributed by atoms with Crippen LogP contribution in [0.1, 0.15) is 31.7 Å². The summed E-state index contributed by atoms with van der Waals surface area (Å²) in [5.41, 5.74) is 10.2. The Hall–Kier alpha value is -1.54. The van der Waals surface area contributed by atoms with Crippen molar-refractivity contribution in [3.05, 3.63) is 42.1 Å². The third-order valence-electron chi connectivity index (χ3n) is 3.71. The van der Waals surface area contributed by atoms with Crippen LogP contribution in [0.15, 0.2) is 36.5 Å². The largest absolute Gasteiger partial charge is 0.361 e. The number of nitrogens with one attached hydrogen (secondary N) is 1. The molecule has 2 aromatic rings. The molecular weight excluding hydrogens is 208 g/mol. The average Bonchev–Trinajstić information content (AvgIpc) is 2.77. The molecule has 3 N–H and O–H groups in total. The van der Waals surface area contributed by atoms with E-state index in [1.807, 2.05) is 6.20 Å². The summed E-state index contributed by atoms with van der Waals surface area (Å²) in [6, 6.07) is 8.59. The molecule has 2 nitrogen and oxygen atoms in total. The third kappa shape index (κ3) is 1.89. The first kappa shape index (κ1) is 10.6. The minimum absolute atomic E-state index is 0.0207. The summed E-state index contributed by atoms with van der Waals surface area (Å²) in [6.07, 6.45) is 7.42. The fourth-order valence-corrected chi connectivity index (χ4v) is 2.58. The van der Waals surface area contributed by atoms with E-state index >= 15 is 0 Å². The summed E-state index contributed by atoms with van der Waals surface area (Å²) in [4.78, 5) is 3.33. The van der Waals surface area contributed by atoms with E-state index in [0.717, 1.165) is 19.3 Å². The van der Waals surface area contributed by atoms with Gasteiger partial charge in [-0.2, -0.15) is 0 Å². The van der Waals surface area contributed by atoms with Gasteiger partial charge in [0.05, 0.1) is 5.52 Å². The molecule has 1 unspecified atom stereocenters. The predicted octanol–water partition coefficient (Wildman–Crippen LogP) is 3.45. The summed E-state index contributed by atoms with van der Waals surface area (Å²) in [5.74, 6) is 0. The van der Waals surface area contributed by atoms with Crippen LogP contribution in [0.3, 0.4) is 0 Å². The number of para-hydroxylation sites is 1. The maximum atomic E-state index is 6.16. The normalized spacial score (nSPS) is 24.9. The summed E-state index contributed by atoms with van der Waals surface area (Å²) in [5, 5.41) is 1.28. The lowest BCUT2D eigenvalue weighted by Crippen LogP contribution is -2.37. The number of aromatic amines is 1. The lowest BCUT2D eigenvalue weighted by molar-refractivity contribution is 0.432. The third-order valence-corrected chi connectivity index (χ3v) is 3.71. The zero-order valence-electron chi connectivity index (χ0n) is 10.2. The second-order valence-electron chi connectivity index (χ2n) is 5.33. The van der Waals surface area contributed by atoms with E-state index in [9.17, 15) is 0 Å². The topological polar surface area (TPSA) is 41.8 Å². The molecule has 0 fully saturated rings. The molecule has 1 atom stereocenters. The molecular formula is C15H18N2. The molecule has 1 aromatic carbocycles. The molecule has 0 spiro atoms. The maximum absolute atomic E-state index is 6.16. The Labute approximate surface area is 102 Å². The van der Waals surface area contributed by atoms with E-state index in [2.05, 4.69) is 42.2 Å². The van der Waals surface area contributed by atoms with Crippen LogP contribution < -0.4 is 5.73 Å². The maximum Gasteiger partial charge on any atom is 0.0530 e. The summed E-state index contributed by atoms with van der Waals surface area (Å²) in [7, 11) is 0. The van der Waals surface area contributed by atoms with Gasteiger partial charge in [0.2, 0.25) is 0 Å². The van der Waals surface area contributed by atoms with Crippen molar-refractivity contribution in [2.75, 3.05) is 0 Å². The number of aromatic nitrogens is 1. The van der Waals surface area contributed by atoms with Gasteiger partial charge in [-0.25, -0.2) is 0 Å². The highest BCUT2D eigenvalue weighted by molar-refractivity contribution is 5.91. The van der Waals surface area contributed by atoms with Gasteiger partial charge in [-0.05, 0) is 43.2 Å². The van der Waals surface area contributed by atoms with E-state index in [-0.39, 0.29) is 5.54 Å². The molecule has 17 heavy (non-hydrogen) atoms. The number of benzene rings is 1. The SMILES string of the molecule is CC1(N)CC=C(c2cccc3cc[nH]c23)CC1. The predicted molar refractivity (Wildman–Crippen MR) is 72.7 cm³/mol. The minimum Gasteiger partial charge on any atom is -0.361 e. The molecule has 1 heterocycles. The highest BCUT2D eigenvalue weighted by atomic mass is 14.7. The summed E-state index contributed by atoms with van der Waals surface area (Å²) in [6.45, 7) is 2.13. The van der Waals surface area contributed by atoms with E-state index in [1.54, 1.807) is 0 Å². The monoisotopic (exact) mass is 226 g/mol. The van der Waals surface area contributed by atoms with Crippen molar-refractivity contribution in [3.8, 4) is 0 Å². The molecule has 0 radical (unpaired) electrons. The fraction of sp³-hybridized carbons (Fsp3) is 0.333. The van der Waals surface area contributed by atoms with Crippen LogP contribution in [0.4, 0.5) is 0 Å². The highest BCUT2D eigenvalue weighted by Crippen LogP contribution is 2.33. The smallest absolute Gasteiger partial charge is 0.0530 e. The second-order valence-corrected chi connectivity index (χ2v) is 5.33. The van der Waals surface area contributed by atoms with E-state index in [1.165, 1.54) is 22.0 Å². The number of hydrogen-bond donors (Lipinski definition) is 2. The first-order valence-corrected chi connectivity index (χ1v) is 6.20. The zero-order valence-corrected chi connectivity index (χ0v) is 10.2. The zero-order chi connectivity index (χ0) is 11.9. The summed E-state index contributed by atoms with van der Waals surface area (Å²) < 4.78 is 0. The first-order valence-electron chi connectivity index (χ1n) is 6.20. The van der Waals surface area contributed by atoms with Gasteiger partial charge in [0.15, 0.2) is 0 Å². The molecule has 2 heteroatoms. The minimum atomic E-state index is -0.0207. The van der Waals surface area contributed by atoms with Gasteiger partial charge < -0.3 is 10.7 Å². The lowest BCUT2D eigenvalue weighted by Gasteiger charge is -2.28. The molecule has 1 aromatic heterocycles. The summed E-state index contributed by atoms with van der Waals surface area (Å²) >= 11 is 0. The average molecular weight is 226 g/mol. The van der Waals surface area contributed by atoms with Crippen molar-refractivity contribution in [2.24, 2.45) is 5.73 Å². The molecule has 0 amide bonds. The van der Waals surface area contributed by atoms with Crippen molar-refractivity contribution >= 4 is 16.5 Å². The van der Waals surface area contributed by atoms with Crippen molar-refractivity contribution in [3.63, 3.8) is 0 Å². The molecule has 0 saturated carbocycles. The molecule has 1 aliphatic rings. The van der Waals surface area contributed by atoms with Crippen LogP contribution in [0.2, 0.25) is 0 Å². The number of H-pyrrole nitrogens is 1. The van der Waals surface area contributed by atoms with Gasteiger partial charge in [0.1, 0.15) is 0 Å². The van der Waals surface area contributed by atoms with Gasteiger partial charge in [-0.15, -0.1) is 0 Å². The van der Waals surface area contributed by atoms with Gasteiger partial charge in [-0.1, -0.05) is 24.3 Å². The Kier molecular flexibility index (Phi) is 2.33. The van der Waals surface area contributed by atoms with Gasteiger partial charge >= 0.3 is 0 Å². The molecule has 0 bridgehead atoms. The Balaban J connectivity index is 2.05. The van der Waals surface area contributed by atoms with Gasteiger partial charge in [0, 0.05) is 17.3 Å². The number of allylic oxidation sites excluding steroid dienone is 1. The molecule has 0 saturated heterocycles. The van der Waals surface area contributed by atoms with Crippen LogP contribution in [-0.4, -0.2) is 10.5 Å². The van der Waals surface area contributed by atoms with Crippen molar-refractivity contribution < 1.29 is 0 Å². The Morgan fingerprint density at radius 1 is 1.29 bits per heavy atom. The molecule has 3 rings (SSSR count). The quantitative estimate of drug-likeness (QED) is 0.768. The number of fused-ring (bicyclic) bond motifs is 1. The fourth-order valence-electron chi connectivity index (χ4n) is 2.58. The van der Waals surface area contributed by atoms with Crippen molar-refractivity contribution in [1.29, 1.82) is 0 Å². The Morgan fingerprint density at radius 2 is 2.18 bits per heavy atom. The molecule has 0 aliphatic heterocycles. The molecule has 1 aliphatic carbocycles. The van der Waals surface area contributed by atoms with Gasteiger partial charge in [0.25, 0.3) is 0 Å². The van der Waals surface area contributed by atoms with Crippen LogP contribution in [0.25, 0.3) is 16.5 Å². The number of rotatable bonds is 1. The van der Waals surface area contributed by atoms with Crippen LogP contribution in [-0.2, 0) is 0 Å². The van der Waals surface area contributed by atoms with Crippen LogP contribution in [0, 0.1) is 0 Å². The van der Waals surface area contributed by atoms with E-state index in [4.69, 9.17) is 5.73 Å². The lowest BCUT2D eigenvalue weighted by atomic mass is 9.82. The van der Waals surface area contributed by atoms with E-state index in [0.29, 0.717) is 0 Å². The van der Waals surface area contributed by atoms with Crippen molar-refractivity contribution in [2.45, 2.75) is 31.7 Å². The Bertz CT molecular complexity index is 575. The first-order chi connectivity index (χ1) is 8.16. The highest BCUT2D eigenvalue weighted by Gasteiger charge is 2.23. The number of hydrogen-bond acceptors (Lipinski definition) is 1. The molecule has 88 valence electrons. The number of nitrogens with two attached hydrogens (primary N) is 1. The Morgan fingerprint density at radius 3 is 2.94 bits per heavy atom.